The normalized spacial score (nSPS) is 11.1. The van der Waals surface area contributed by atoms with Gasteiger partial charge in [0.1, 0.15) is 5.75 Å². The highest BCUT2D eigenvalue weighted by molar-refractivity contribution is 5.45. The van der Waals surface area contributed by atoms with Crippen molar-refractivity contribution in [2.24, 2.45) is 0 Å². The lowest BCUT2D eigenvalue weighted by molar-refractivity contribution is -0.385. The summed E-state index contributed by atoms with van der Waals surface area (Å²) in [7, 11) is 0. The maximum atomic E-state index is 12.4. The summed E-state index contributed by atoms with van der Waals surface area (Å²) in [4.78, 5) is 10.1. The van der Waals surface area contributed by atoms with Crippen LogP contribution < -0.4 is 15.6 Å². The van der Waals surface area contributed by atoms with Crippen molar-refractivity contribution < 1.29 is 22.8 Å². The Morgan fingerprint density at radius 2 is 1.83 bits per heavy atom. The highest BCUT2D eigenvalue weighted by Gasteiger charge is 2.32. The van der Waals surface area contributed by atoms with Crippen LogP contribution in [0.15, 0.2) is 48.5 Å². The third-order valence-corrected chi connectivity index (χ3v) is 2.77. The molecule has 2 rings (SSSR count). The molecule has 9 heteroatoms. The standard InChI is InChI=1S/C14H12F3N3O3/c15-14(16,17)23-13-7-6-12(20(21)22)8-10(13)9-18-19-11-4-2-1-3-5-11/h1-8,18-19H,9H2. The van der Waals surface area contributed by atoms with Gasteiger partial charge in [0.25, 0.3) is 5.69 Å². The lowest BCUT2D eigenvalue weighted by atomic mass is 10.2. The predicted molar refractivity (Wildman–Crippen MR) is 76.7 cm³/mol. The molecule has 2 aromatic carbocycles. The van der Waals surface area contributed by atoms with Gasteiger partial charge in [0.2, 0.25) is 0 Å². The fourth-order valence-electron chi connectivity index (χ4n) is 1.80. The van der Waals surface area contributed by atoms with E-state index in [0.29, 0.717) is 5.69 Å². The van der Waals surface area contributed by atoms with E-state index in [0.717, 1.165) is 18.2 Å². The molecule has 2 aromatic rings. The summed E-state index contributed by atoms with van der Waals surface area (Å²) in [5, 5.41) is 10.8. The Labute approximate surface area is 129 Å². The van der Waals surface area contributed by atoms with Crippen molar-refractivity contribution >= 4 is 11.4 Å². The molecule has 23 heavy (non-hydrogen) atoms. The van der Waals surface area contributed by atoms with E-state index in [-0.39, 0.29) is 17.8 Å². The SMILES string of the molecule is O=[N+]([O-])c1ccc(OC(F)(F)F)c(CNNc2ccccc2)c1. The van der Waals surface area contributed by atoms with Crippen LogP contribution in [0.4, 0.5) is 24.5 Å². The van der Waals surface area contributed by atoms with Crippen LogP contribution in [0.1, 0.15) is 5.56 Å². The minimum absolute atomic E-state index is 0.0000406. The number of hydrogen-bond donors (Lipinski definition) is 2. The number of hydrogen-bond acceptors (Lipinski definition) is 5. The summed E-state index contributed by atoms with van der Waals surface area (Å²) >= 11 is 0. The molecular weight excluding hydrogens is 315 g/mol. The number of rotatable bonds is 6. The number of ether oxygens (including phenoxy) is 1. The molecule has 2 N–H and O–H groups in total. The first-order valence-electron chi connectivity index (χ1n) is 6.42. The molecule has 0 saturated heterocycles. The predicted octanol–water partition coefficient (Wildman–Crippen LogP) is 3.61. The fraction of sp³-hybridized carbons (Fsp3) is 0.143. The fourth-order valence-corrected chi connectivity index (χ4v) is 1.80. The molecule has 0 fully saturated rings. The summed E-state index contributed by atoms with van der Waals surface area (Å²) in [6.45, 7) is -0.109. The maximum Gasteiger partial charge on any atom is 0.573 e. The topological polar surface area (TPSA) is 76.4 Å². The number of benzene rings is 2. The van der Waals surface area contributed by atoms with E-state index >= 15 is 0 Å². The van der Waals surface area contributed by atoms with Gasteiger partial charge in [-0.1, -0.05) is 18.2 Å². The van der Waals surface area contributed by atoms with E-state index in [9.17, 15) is 23.3 Å². The number of hydrazine groups is 1. The van der Waals surface area contributed by atoms with Gasteiger partial charge in [0.05, 0.1) is 4.92 Å². The van der Waals surface area contributed by atoms with E-state index in [4.69, 9.17) is 0 Å². The van der Waals surface area contributed by atoms with Gasteiger partial charge in [-0.2, -0.15) is 0 Å². The number of nitro benzene ring substituents is 1. The van der Waals surface area contributed by atoms with Crippen molar-refractivity contribution in [2.45, 2.75) is 12.9 Å². The Hall–Kier alpha value is -2.81. The van der Waals surface area contributed by atoms with Gasteiger partial charge in [-0.3, -0.25) is 10.1 Å². The molecule has 0 aliphatic carbocycles. The van der Waals surface area contributed by atoms with Crippen molar-refractivity contribution in [1.82, 2.24) is 5.43 Å². The van der Waals surface area contributed by atoms with Crippen molar-refractivity contribution in [3.63, 3.8) is 0 Å². The highest BCUT2D eigenvalue weighted by atomic mass is 19.4. The summed E-state index contributed by atoms with van der Waals surface area (Å²) in [5.41, 5.74) is 5.83. The molecule has 0 amide bonds. The third kappa shape index (κ3) is 5.15. The molecular formula is C14H12F3N3O3. The average molecular weight is 327 g/mol. The van der Waals surface area contributed by atoms with Crippen LogP contribution in [0.2, 0.25) is 0 Å². The van der Waals surface area contributed by atoms with E-state index in [1.54, 1.807) is 30.3 Å². The number of nitrogens with one attached hydrogen (secondary N) is 2. The Kier molecular flexibility index (Phi) is 5.02. The Balaban J connectivity index is 2.13. The highest BCUT2D eigenvalue weighted by Crippen LogP contribution is 2.29. The molecule has 6 nitrogen and oxygen atoms in total. The second kappa shape index (κ2) is 6.97. The average Bonchev–Trinajstić information content (AvgIpc) is 2.48. The van der Waals surface area contributed by atoms with Gasteiger partial charge in [-0.15, -0.1) is 13.2 Å². The molecule has 0 atom stereocenters. The lowest BCUT2D eigenvalue weighted by Gasteiger charge is -2.14. The van der Waals surface area contributed by atoms with Crippen LogP contribution in [0, 0.1) is 10.1 Å². The van der Waals surface area contributed by atoms with Crippen molar-refractivity contribution in [2.75, 3.05) is 5.43 Å². The number of non-ortho nitro benzene ring substituents is 1. The summed E-state index contributed by atoms with van der Waals surface area (Å²) in [6.07, 6.45) is -4.88. The first-order valence-corrected chi connectivity index (χ1v) is 6.42. The summed E-state index contributed by atoms with van der Waals surface area (Å²) < 4.78 is 41.0. The number of nitro groups is 1. The van der Waals surface area contributed by atoms with E-state index < -0.39 is 17.0 Å². The lowest BCUT2D eigenvalue weighted by Crippen LogP contribution is -2.23. The van der Waals surface area contributed by atoms with Gasteiger partial charge in [0.15, 0.2) is 0 Å². The second-order valence-corrected chi connectivity index (χ2v) is 4.44. The minimum Gasteiger partial charge on any atom is -0.405 e. The smallest absolute Gasteiger partial charge is 0.405 e. The van der Waals surface area contributed by atoms with Crippen molar-refractivity contribution in [3.8, 4) is 5.75 Å². The zero-order chi connectivity index (χ0) is 16.9. The summed E-state index contributed by atoms with van der Waals surface area (Å²) in [6, 6.07) is 11.7. The van der Waals surface area contributed by atoms with Crippen LogP contribution >= 0.6 is 0 Å². The Morgan fingerprint density at radius 1 is 1.13 bits per heavy atom. The molecule has 122 valence electrons. The van der Waals surface area contributed by atoms with E-state index in [2.05, 4.69) is 15.6 Å². The first kappa shape index (κ1) is 16.6. The molecule has 0 spiro atoms. The first-order chi connectivity index (χ1) is 10.8. The number of alkyl halides is 3. The molecule has 0 radical (unpaired) electrons. The maximum absolute atomic E-state index is 12.4. The number of para-hydroxylation sites is 1. The van der Waals surface area contributed by atoms with Crippen LogP contribution in [0.5, 0.6) is 5.75 Å². The molecule has 0 aliphatic heterocycles. The molecule has 0 aromatic heterocycles. The van der Waals surface area contributed by atoms with Crippen LogP contribution in [-0.2, 0) is 6.54 Å². The zero-order valence-corrected chi connectivity index (χ0v) is 11.6. The van der Waals surface area contributed by atoms with Crippen LogP contribution in [-0.4, -0.2) is 11.3 Å². The molecule has 0 aliphatic rings. The number of anilines is 1. The second-order valence-electron chi connectivity index (χ2n) is 4.44. The van der Waals surface area contributed by atoms with Crippen molar-refractivity contribution in [3.05, 3.63) is 64.2 Å². The van der Waals surface area contributed by atoms with Crippen molar-refractivity contribution in [1.29, 1.82) is 0 Å². The molecule has 0 saturated carbocycles. The zero-order valence-electron chi connectivity index (χ0n) is 11.6. The van der Waals surface area contributed by atoms with Crippen LogP contribution in [0.25, 0.3) is 0 Å². The Bertz CT molecular complexity index is 678. The molecule has 0 heterocycles. The van der Waals surface area contributed by atoms with Gasteiger partial charge in [-0.05, 0) is 18.2 Å². The largest absolute Gasteiger partial charge is 0.573 e. The quantitative estimate of drug-likeness (QED) is 0.626. The van der Waals surface area contributed by atoms with Gasteiger partial charge < -0.3 is 10.2 Å². The van der Waals surface area contributed by atoms with Gasteiger partial charge >= 0.3 is 6.36 Å². The van der Waals surface area contributed by atoms with E-state index in [1.165, 1.54) is 0 Å². The van der Waals surface area contributed by atoms with Gasteiger partial charge in [-0.25, -0.2) is 5.43 Å². The van der Waals surface area contributed by atoms with E-state index in [1.807, 2.05) is 0 Å². The molecule has 0 bridgehead atoms. The third-order valence-electron chi connectivity index (χ3n) is 2.77. The minimum atomic E-state index is -4.88. The Morgan fingerprint density at radius 3 is 2.43 bits per heavy atom. The summed E-state index contributed by atoms with van der Waals surface area (Å²) in [5.74, 6) is -0.495. The van der Waals surface area contributed by atoms with Crippen LogP contribution in [0.3, 0.4) is 0 Å². The number of halogens is 3. The monoisotopic (exact) mass is 327 g/mol. The molecule has 0 unspecified atom stereocenters. The number of nitrogens with zero attached hydrogens (tertiary/aromatic N) is 1. The van der Waals surface area contributed by atoms with Gasteiger partial charge in [0, 0.05) is 29.9 Å².